The molecule has 2 aromatic heterocycles. The monoisotopic (exact) mass is 348 g/mol. The molecule has 0 aliphatic heterocycles. The van der Waals surface area contributed by atoms with Crippen LogP contribution in [0.5, 0.6) is 0 Å². The molecule has 2 heterocycles. The first-order valence-corrected chi connectivity index (χ1v) is 7.80. The zero-order chi connectivity index (χ0) is 16.8. The highest BCUT2D eigenvalue weighted by Gasteiger charge is 2.62. The lowest BCUT2D eigenvalue weighted by Crippen LogP contribution is -2.47. The van der Waals surface area contributed by atoms with E-state index in [9.17, 15) is 9.50 Å². The SMILES string of the molecule is OC(Cn1cncn1)(c1ccc(F)cc1)C1(n2cnc(Cl)n2)CC1. The number of nitrogens with zero attached hydrogens (tertiary/aromatic N) is 6. The molecule has 3 aromatic rings. The number of benzene rings is 1. The van der Waals surface area contributed by atoms with Crippen molar-refractivity contribution < 1.29 is 9.50 Å². The lowest BCUT2D eigenvalue weighted by molar-refractivity contribution is -0.0551. The molecule has 1 aliphatic rings. The smallest absolute Gasteiger partial charge is 0.242 e. The number of hydrogen-bond acceptors (Lipinski definition) is 5. The van der Waals surface area contributed by atoms with Gasteiger partial charge in [-0.05, 0) is 42.1 Å². The highest BCUT2D eigenvalue weighted by atomic mass is 35.5. The van der Waals surface area contributed by atoms with Gasteiger partial charge in [0.25, 0.3) is 0 Å². The van der Waals surface area contributed by atoms with Crippen LogP contribution < -0.4 is 0 Å². The summed E-state index contributed by atoms with van der Waals surface area (Å²) < 4.78 is 16.5. The number of halogens is 2. The second-order valence-corrected chi connectivity index (χ2v) is 6.29. The third-order valence-corrected chi connectivity index (χ3v) is 4.75. The number of aromatic nitrogens is 6. The summed E-state index contributed by atoms with van der Waals surface area (Å²) in [6.45, 7) is 0.149. The van der Waals surface area contributed by atoms with Gasteiger partial charge in [0.15, 0.2) is 0 Å². The highest BCUT2D eigenvalue weighted by Crippen LogP contribution is 2.56. The van der Waals surface area contributed by atoms with Crippen molar-refractivity contribution in [2.24, 2.45) is 0 Å². The Bertz CT molecular complexity index is 845. The molecule has 7 nitrogen and oxygen atoms in total. The fraction of sp³-hybridized carbons (Fsp3) is 0.333. The topological polar surface area (TPSA) is 81.6 Å². The Morgan fingerprint density at radius 3 is 2.54 bits per heavy atom. The molecule has 1 fully saturated rings. The van der Waals surface area contributed by atoms with Gasteiger partial charge < -0.3 is 5.11 Å². The summed E-state index contributed by atoms with van der Waals surface area (Å²) >= 11 is 5.85. The molecule has 0 spiro atoms. The van der Waals surface area contributed by atoms with Crippen LogP contribution in [-0.2, 0) is 17.7 Å². The summed E-state index contributed by atoms with van der Waals surface area (Å²) in [6, 6.07) is 5.80. The van der Waals surface area contributed by atoms with Crippen molar-refractivity contribution in [1.29, 1.82) is 0 Å². The average Bonchev–Trinajstić information content (AvgIpc) is 3.02. The first-order chi connectivity index (χ1) is 11.5. The molecule has 24 heavy (non-hydrogen) atoms. The van der Waals surface area contributed by atoms with Crippen LogP contribution in [0.1, 0.15) is 18.4 Å². The van der Waals surface area contributed by atoms with E-state index in [1.54, 1.807) is 21.5 Å². The maximum atomic E-state index is 13.3. The van der Waals surface area contributed by atoms with Crippen LogP contribution in [0.4, 0.5) is 4.39 Å². The van der Waals surface area contributed by atoms with Gasteiger partial charge in [-0.3, -0.25) is 0 Å². The van der Waals surface area contributed by atoms with Gasteiger partial charge in [-0.15, -0.1) is 5.10 Å². The van der Waals surface area contributed by atoms with E-state index in [1.165, 1.54) is 31.1 Å². The fourth-order valence-corrected chi connectivity index (χ4v) is 3.31. The molecule has 1 unspecified atom stereocenters. The zero-order valence-corrected chi connectivity index (χ0v) is 13.3. The largest absolute Gasteiger partial charge is 0.381 e. The van der Waals surface area contributed by atoms with Crippen LogP contribution in [-0.4, -0.2) is 34.6 Å². The molecule has 1 aliphatic carbocycles. The van der Waals surface area contributed by atoms with Crippen molar-refractivity contribution in [3.63, 3.8) is 0 Å². The molecule has 9 heteroatoms. The third-order valence-electron chi connectivity index (χ3n) is 4.58. The summed E-state index contributed by atoms with van der Waals surface area (Å²) in [6.07, 6.45) is 5.81. The second kappa shape index (κ2) is 5.35. The predicted molar refractivity (Wildman–Crippen MR) is 82.6 cm³/mol. The van der Waals surface area contributed by atoms with Crippen LogP contribution in [0, 0.1) is 5.82 Å². The van der Waals surface area contributed by atoms with Gasteiger partial charge in [-0.1, -0.05) is 12.1 Å². The Balaban J connectivity index is 1.82. The van der Waals surface area contributed by atoms with Crippen molar-refractivity contribution in [3.05, 3.63) is 59.9 Å². The first-order valence-electron chi connectivity index (χ1n) is 7.42. The molecule has 0 radical (unpaired) electrons. The molecule has 1 aromatic carbocycles. The molecule has 1 saturated carbocycles. The van der Waals surface area contributed by atoms with Crippen molar-refractivity contribution in [2.75, 3.05) is 0 Å². The Morgan fingerprint density at radius 1 is 1.25 bits per heavy atom. The van der Waals surface area contributed by atoms with Crippen molar-refractivity contribution in [1.82, 2.24) is 29.5 Å². The first kappa shape index (κ1) is 15.2. The molecular formula is C15H14ClFN6O. The second-order valence-electron chi connectivity index (χ2n) is 5.95. The molecule has 124 valence electrons. The van der Waals surface area contributed by atoms with E-state index in [2.05, 4.69) is 20.2 Å². The van der Waals surface area contributed by atoms with Crippen molar-refractivity contribution in [2.45, 2.75) is 30.5 Å². The number of aliphatic hydroxyl groups is 1. The van der Waals surface area contributed by atoms with E-state index in [0.29, 0.717) is 18.4 Å². The van der Waals surface area contributed by atoms with E-state index < -0.39 is 11.1 Å². The van der Waals surface area contributed by atoms with Crippen LogP contribution in [0.3, 0.4) is 0 Å². The predicted octanol–water partition coefficient (Wildman–Crippen LogP) is 1.74. The van der Waals surface area contributed by atoms with E-state index >= 15 is 0 Å². The minimum atomic E-state index is -1.37. The van der Waals surface area contributed by atoms with Gasteiger partial charge in [0.05, 0.1) is 12.1 Å². The third kappa shape index (κ3) is 2.30. The number of hydrogen-bond donors (Lipinski definition) is 1. The number of rotatable bonds is 5. The molecule has 0 bridgehead atoms. The van der Waals surface area contributed by atoms with Gasteiger partial charge in [-0.2, -0.15) is 5.10 Å². The van der Waals surface area contributed by atoms with Gasteiger partial charge >= 0.3 is 0 Å². The zero-order valence-electron chi connectivity index (χ0n) is 12.5. The van der Waals surface area contributed by atoms with Crippen molar-refractivity contribution >= 4 is 11.6 Å². The summed E-state index contributed by atoms with van der Waals surface area (Å²) in [4.78, 5) is 7.87. The van der Waals surface area contributed by atoms with E-state index in [1.807, 2.05) is 0 Å². The van der Waals surface area contributed by atoms with Crippen LogP contribution in [0.2, 0.25) is 5.28 Å². The highest BCUT2D eigenvalue weighted by molar-refractivity contribution is 6.28. The minimum absolute atomic E-state index is 0.114. The molecule has 4 rings (SSSR count). The van der Waals surface area contributed by atoms with Crippen LogP contribution in [0.25, 0.3) is 0 Å². The Kier molecular flexibility index (Phi) is 3.40. The minimum Gasteiger partial charge on any atom is -0.381 e. The van der Waals surface area contributed by atoms with Crippen LogP contribution >= 0.6 is 11.6 Å². The summed E-state index contributed by atoms with van der Waals surface area (Å²) in [7, 11) is 0. The molecular weight excluding hydrogens is 335 g/mol. The van der Waals surface area contributed by atoms with E-state index in [4.69, 9.17) is 11.6 Å². The quantitative estimate of drug-likeness (QED) is 0.759. The van der Waals surface area contributed by atoms with Gasteiger partial charge in [0.1, 0.15) is 30.4 Å². The van der Waals surface area contributed by atoms with E-state index in [-0.39, 0.29) is 17.6 Å². The van der Waals surface area contributed by atoms with Gasteiger partial charge in [0, 0.05) is 0 Å². The molecule has 1 N–H and O–H groups in total. The Labute approximate surface area is 141 Å². The van der Waals surface area contributed by atoms with E-state index in [0.717, 1.165) is 0 Å². The summed E-state index contributed by atoms with van der Waals surface area (Å²) in [5.41, 5.74) is -1.51. The Hall–Kier alpha value is -2.32. The summed E-state index contributed by atoms with van der Waals surface area (Å²) in [5.74, 6) is -0.365. The molecule has 0 amide bonds. The van der Waals surface area contributed by atoms with Crippen LogP contribution in [0.15, 0.2) is 43.2 Å². The Morgan fingerprint density at radius 2 is 2.00 bits per heavy atom. The summed E-state index contributed by atoms with van der Waals surface area (Å²) in [5, 5.41) is 20.0. The maximum absolute atomic E-state index is 13.3. The van der Waals surface area contributed by atoms with Gasteiger partial charge in [0.2, 0.25) is 5.28 Å². The maximum Gasteiger partial charge on any atom is 0.242 e. The lowest BCUT2D eigenvalue weighted by atomic mass is 9.83. The lowest BCUT2D eigenvalue weighted by Gasteiger charge is -2.37. The standard InChI is InChI=1S/C15H14ClFN6O/c16-13-19-10-23(21-13)14(5-6-14)15(24,7-22-9-18-8-20-22)11-1-3-12(17)4-2-11/h1-4,8-10,24H,5-7H2. The van der Waals surface area contributed by atoms with Gasteiger partial charge in [-0.25, -0.2) is 23.7 Å². The molecule has 0 saturated heterocycles. The average molecular weight is 349 g/mol. The van der Waals surface area contributed by atoms with Crippen molar-refractivity contribution in [3.8, 4) is 0 Å². The normalized spacial score (nSPS) is 18.3. The molecule has 1 atom stereocenters. The fourth-order valence-electron chi connectivity index (χ4n) is 3.18.